The van der Waals surface area contributed by atoms with Gasteiger partial charge >= 0.3 is 0 Å². The lowest BCUT2D eigenvalue weighted by Crippen LogP contribution is -2.24. The molecule has 1 aromatic heterocycles. The zero-order valence-corrected chi connectivity index (χ0v) is 12.4. The lowest BCUT2D eigenvalue weighted by atomic mass is 10.2. The van der Waals surface area contributed by atoms with Gasteiger partial charge in [0.2, 0.25) is 15.9 Å². The number of rotatable bonds is 5. The number of benzene rings is 1. The SMILES string of the molecule is COc1cc(CNS(=O)(=O)c2cc(C)ccc2F)ccn1. The first-order valence-electron chi connectivity index (χ1n) is 6.17. The van der Waals surface area contributed by atoms with Crippen LogP contribution in [0.5, 0.6) is 5.88 Å². The molecule has 0 amide bonds. The normalized spacial score (nSPS) is 11.4. The Morgan fingerprint density at radius 1 is 1.29 bits per heavy atom. The van der Waals surface area contributed by atoms with Gasteiger partial charge < -0.3 is 4.74 Å². The summed E-state index contributed by atoms with van der Waals surface area (Å²) in [6, 6.07) is 7.21. The second kappa shape index (κ2) is 6.19. The van der Waals surface area contributed by atoms with Crippen molar-refractivity contribution in [2.45, 2.75) is 18.4 Å². The molecule has 5 nitrogen and oxygen atoms in total. The predicted molar refractivity (Wildman–Crippen MR) is 76.0 cm³/mol. The average molecular weight is 310 g/mol. The van der Waals surface area contributed by atoms with E-state index in [1.54, 1.807) is 19.1 Å². The Morgan fingerprint density at radius 2 is 2.05 bits per heavy atom. The molecule has 0 fully saturated rings. The fourth-order valence-electron chi connectivity index (χ4n) is 1.74. The highest BCUT2D eigenvalue weighted by molar-refractivity contribution is 7.89. The van der Waals surface area contributed by atoms with E-state index in [-0.39, 0.29) is 11.4 Å². The van der Waals surface area contributed by atoms with Crippen LogP contribution in [-0.2, 0) is 16.6 Å². The first-order valence-corrected chi connectivity index (χ1v) is 7.65. The van der Waals surface area contributed by atoms with Crippen molar-refractivity contribution in [1.82, 2.24) is 9.71 Å². The van der Waals surface area contributed by atoms with Gasteiger partial charge in [-0.3, -0.25) is 0 Å². The molecule has 0 bridgehead atoms. The number of halogens is 1. The summed E-state index contributed by atoms with van der Waals surface area (Å²) >= 11 is 0. The molecule has 1 heterocycles. The molecule has 0 spiro atoms. The number of aromatic nitrogens is 1. The van der Waals surface area contributed by atoms with E-state index in [2.05, 4.69) is 9.71 Å². The van der Waals surface area contributed by atoms with Crippen molar-refractivity contribution >= 4 is 10.0 Å². The van der Waals surface area contributed by atoms with E-state index >= 15 is 0 Å². The third-order valence-corrected chi connectivity index (χ3v) is 4.27. The van der Waals surface area contributed by atoms with Crippen LogP contribution in [0.15, 0.2) is 41.4 Å². The number of methoxy groups -OCH3 is 1. The quantitative estimate of drug-likeness (QED) is 0.917. The number of aryl methyl sites for hydroxylation is 1. The van der Waals surface area contributed by atoms with Crippen molar-refractivity contribution in [3.63, 3.8) is 0 Å². The lowest BCUT2D eigenvalue weighted by Gasteiger charge is -2.09. The number of pyridine rings is 1. The molecule has 112 valence electrons. The molecule has 0 unspecified atom stereocenters. The van der Waals surface area contributed by atoms with Crippen LogP contribution in [0.25, 0.3) is 0 Å². The summed E-state index contributed by atoms with van der Waals surface area (Å²) in [6.45, 7) is 1.72. The summed E-state index contributed by atoms with van der Waals surface area (Å²) in [6.07, 6.45) is 1.51. The predicted octanol–water partition coefficient (Wildman–Crippen LogP) is 2.02. The first kappa shape index (κ1) is 15.4. The van der Waals surface area contributed by atoms with Gasteiger partial charge in [-0.25, -0.2) is 22.5 Å². The molecule has 21 heavy (non-hydrogen) atoms. The van der Waals surface area contributed by atoms with Crippen LogP contribution in [0.1, 0.15) is 11.1 Å². The average Bonchev–Trinajstić information content (AvgIpc) is 2.48. The van der Waals surface area contributed by atoms with E-state index in [4.69, 9.17) is 4.74 Å². The molecule has 0 aliphatic rings. The fourth-order valence-corrected chi connectivity index (χ4v) is 2.92. The Hall–Kier alpha value is -1.99. The summed E-state index contributed by atoms with van der Waals surface area (Å²) < 4.78 is 45.2. The minimum atomic E-state index is -3.92. The molecule has 0 aliphatic heterocycles. The zero-order valence-electron chi connectivity index (χ0n) is 11.6. The van der Waals surface area contributed by atoms with Crippen LogP contribution in [0.2, 0.25) is 0 Å². The lowest BCUT2D eigenvalue weighted by molar-refractivity contribution is 0.397. The summed E-state index contributed by atoms with van der Waals surface area (Å²) in [5, 5.41) is 0. The molecule has 0 aliphatic carbocycles. The monoisotopic (exact) mass is 310 g/mol. The maximum absolute atomic E-state index is 13.7. The number of nitrogens with one attached hydrogen (secondary N) is 1. The minimum absolute atomic E-state index is 0.0224. The Bertz CT molecular complexity index is 748. The highest BCUT2D eigenvalue weighted by Gasteiger charge is 2.18. The minimum Gasteiger partial charge on any atom is -0.481 e. The molecule has 0 saturated heterocycles. The number of hydrogen-bond acceptors (Lipinski definition) is 4. The topological polar surface area (TPSA) is 68.3 Å². The third-order valence-electron chi connectivity index (χ3n) is 2.85. The van der Waals surface area contributed by atoms with Gasteiger partial charge in [-0.1, -0.05) is 6.07 Å². The van der Waals surface area contributed by atoms with Gasteiger partial charge in [-0.2, -0.15) is 0 Å². The smallest absolute Gasteiger partial charge is 0.243 e. The number of hydrogen-bond donors (Lipinski definition) is 1. The maximum Gasteiger partial charge on any atom is 0.243 e. The second-order valence-electron chi connectivity index (χ2n) is 4.46. The molecule has 1 N–H and O–H groups in total. The second-order valence-corrected chi connectivity index (χ2v) is 6.20. The van der Waals surface area contributed by atoms with E-state index in [9.17, 15) is 12.8 Å². The number of sulfonamides is 1. The molecular weight excluding hydrogens is 295 g/mol. The van der Waals surface area contributed by atoms with Crippen molar-refractivity contribution in [2.24, 2.45) is 0 Å². The summed E-state index contributed by atoms with van der Waals surface area (Å²) in [7, 11) is -2.45. The molecule has 1 aromatic carbocycles. The van der Waals surface area contributed by atoms with E-state index < -0.39 is 15.8 Å². The van der Waals surface area contributed by atoms with Gasteiger partial charge in [-0.05, 0) is 36.2 Å². The van der Waals surface area contributed by atoms with E-state index in [0.29, 0.717) is 17.0 Å². The summed E-state index contributed by atoms with van der Waals surface area (Å²) in [5.41, 5.74) is 1.33. The zero-order chi connectivity index (χ0) is 15.5. The van der Waals surface area contributed by atoms with Crippen molar-refractivity contribution in [1.29, 1.82) is 0 Å². The van der Waals surface area contributed by atoms with E-state index in [0.717, 1.165) is 6.07 Å². The van der Waals surface area contributed by atoms with Crippen LogP contribution >= 0.6 is 0 Å². The summed E-state index contributed by atoms with van der Waals surface area (Å²) in [4.78, 5) is 3.57. The van der Waals surface area contributed by atoms with Crippen molar-refractivity contribution in [3.8, 4) is 5.88 Å². The van der Waals surface area contributed by atoms with E-state index in [1.165, 1.54) is 25.4 Å². The van der Waals surface area contributed by atoms with Crippen LogP contribution in [0.4, 0.5) is 4.39 Å². The fraction of sp³-hybridized carbons (Fsp3) is 0.214. The van der Waals surface area contributed by atoms with Gasteiger partial charge in [0.05, 0.1) is 7.11 Å². The molecule has 2 aromatic rings. The largest absolute Gasteiger partial charge is 0.481 e. The van der Waals surface area contributed by atoms with Crippen molar-refractivity contribution < 1.29 is 17.5 Å². The van der Waals surface area contributed by atoms with E-state index in [1.807, 2.05) is 0 Å². The van der Waals surface area contributed by atoms with Gasteiger partial charge in [-0.15, -0.1) is 0 Å². The van der Waals surface area contributed by atoms with Crippen LogP contribution < -0.4 is 9.46 Å². The first-order chi connectivity index (χ1) is 9.92. The standard InChI is InChI=1S/C14H15FN2O3S/c1-10-3-4-12(15)13(7-10)21(18,19)17-9-11-5-6-16-14(8-11)20-2/h3-8,17H,9H2,1-2H3. The number of ether oxygens (including phenoxy) is 1. The molecule has 7 heteroatoms. The van der Waals surface area contributed by atoms with Crippen molar-refractivity contribution in [3.05, 3.63) is 53.5 Å². The maximum atomic E-state index is 13.7. The molecule has 0 saturated carbocycles. The van der Waals surface area contributed by atoms with Gasteiger partial charge in [0, 0.05) is 18.8 Å². The molecule has 0 atom stereocenters. The Labute approximate surface area is 122 Å². The van der Waals surface area contributed by atoms with Gasteiger partial charge in [0.1, 0.15) is 10.7 Å². The van der Waals surface area contributed by atoms with Gasteiger partial charge in [0.25, 0.3) is 0 Å². The number of nitrogens with zero attached hydrogens (tertiary/aromatic N) is 1. The molecular formula is C14H15FN2O3S. The highest BCUT2D eigenvalue weighted by atomic mass is 32.2. The molecule has 2 rings (SSSR count). The van der Waals surface area contributed by atoms with Crippen LogP contribution in [-0.4, -0.2) is 20.5 Å². The van der Waals surface area contributed by atoms with Crippen molar-refractivity contribution in [2.75, 3.05) is 7.11 Å². The highest BCUT2D eigenvalue weighted by Crippen LogP contribution is 2.16. The van der Waals surface area contributed by atoms with Crippen LogP contribution in [0.3, 0.4) is 0 Å². The molecule has 0 radical (unpaired) electrons. The Balaban J connectivity index is 2.19. The summed E-state index contributed by atoms with van der Waals surface area (Å²) in [5.74, 6) is -0.395. The Kier molecular flexibility index (Phi) is 4.54. The van der Waals surface area contributed by atoms with Gasteiger partial charge in [0.15, 0.2) is 0 Å². The Morgan fingerprint density at radius 3 is 2.76 bits per heavy atom. The van der Waals surface area contributed by atoms with Crippen LogP contribution in [0, 0.1) is 12.7 Å². The third kappa shape index (κ3) is 3.77.